The van der Waals surface area contributed by atoms with E-state index in [9.17, 15) is 9.90 Å². The zero-order chi connectivity index (χ0) is 16.4. The molecule has 3 rings (SSSR count). The van der Waals surface area contributed by atoms with Gasteiger partial charge in [-0.3, -0.25) is 9.78 Å². The van der Waals surface area contributed by atoms with E-state index >= 15 is 0 Å². The van der Waals surface area contributed by atoms with Gasteiger partial charge in [-0.05, 0) is 37.6 Å². The molecule has 1 aliphatic heterocycles. The van der Waals surface area contributed by atoms with E-state index < -0.39 is 6.10 Å². The third-order valence-electron chi connectivity index (χ3n) is 3.94. The number of ether oxygens (including phenoxy) is 1. The second kappa shape index (κ2) is 6.38. The number of benzene rings is 1. The highest BCUT2D eigenvalue weighted by molar-refractivity contribution is 5.97. The highest BCUT2D eigenvalue weighted by atomic mass is 16.5. The average Bonchev–Trinajstić information content (AvgIpc) is 2.83. The Hall–Kier alpha value is -2.40. The maximum Gasteiger partial charge on any atom is 0.256 e. The van der Waals surface area contributed by atoms with E-state index in [-0.39, 0.29) is 19.1 Å². The van der Waals surface area contributed by atoms with E-state index in [1.807, 2.05) is 32.0 Å². The van der Waals surface area contributed by atoms with Crippen molar-refractivity contribution in [3.63, 3.8) is 0 Å². The number of aliphatic hydroxyl groups is 1. The first-order chi connectivity index (χ1) is 11.0. The second-order valence-electron chi connectivity index (χ2n) is 5.92. The second-order valence-corrected chi connectivity index (χ2v) is 5.92. The summed E-state index contributed by atoms with van der Waals surface area (Å²) in [5.41, 5.74) is 3.59. The molecule has 5 nitrogen and oxygen atoms in total. The van der Waals surface area contributed by atoms with Crippen LogP contribution in [0.1, 0.15) is 27.2 Å². The van der Waals surface area contributed by atoms with Crippen LogP contribution in [0.25, 0.3) is 0 Å². The molecule has 1 N–H and O–H groups in total. The molecule has 5 heteroatoms. The van der Waals surface area contributed by atoms with Crippen LogP contribution in [0.15, 0.2) is 36.5 Å². The number of aromatic nitrogens is 1. The van der Waals surface area contributed by atoms with Crippen molar-refractivity contribution < 1.29 is 14.6 Å². The van der Waals surface area contributed by atoms with Gasteiger partial charge in [0.1, 0.15) is 18.5 Å². The van der Waals surface area contributed by atoms with Gasteiger partial charge in [-0.25, -0.2) is 0 Å². The molecule has 120 valence electrons. The Morgan fingerprint density at radius 1 is 1.35 bits per heavy atom. The number of aliphatic hydroxyl groups excluding tert-OH is 1. The van der Waals surface area contributed by atoms with Crippen molar-refractivity contribution >= 4 is 5.91 Å². The summed E-state index contributed by atoms with van der Waals surface area (Å²) in [7, 11) is 0. The van der Waals surface area contributed by atoms with Crippen molar-refractivity contribution in [1.29, 1.82) is 0 Å². The third kappa shape index (κ3) is 3.35. The first kappa shape index (κ1) is 15.5. The van der Waals surface area contributed by atoms with Gasteiger partial charge in [-0.2, -0.15) is 0 Å². The van der Waals surface area contributed by atoms with Crippen molar-refractivity contribution in [1.82, 2.24) is 9.88 Å². The summed E-state index contributed by atoms with van der Waals surface area (Å²) in [6, 6.07) is 9.43. The average molecular weight is 312 g/mol. The molecule has 2 aromatic rings. The molecular formula is C18H20N2O3. The molecule has 0 radical (unpaired) electrons. The van der Waals surface area contributed by atoms with Crippen LogP contribution in [0.3, 0.4) is 0 Å². The van der Waals surface area contributed by atoms with Crippen LogP contribution in [-0.2, 0) is 6.54 Å². The molecule has 0 spiro atoms. The Kier molecular flexibility index (Phi) is 4.30. The van der Waals surface area contributed by atoms with Gasteiger partial charge in [-0.1, -0.05) is 17.7 Å². The van der Waals surface area contributed by atoms with Gasteiger partial charge in [-0.15, -0.1) is 0 Å². The van der Waals surface area contributed by atoms with E-state index in [1.165, 1.54) is 5.56 Å². The Labute approximate surface area is 135 Å². The molecule has 1 aromatic heterocycles. The van der Waals surface area contributed by atoms with E-state index in [0.29, 0.717) is 12.1 Å². The topological polar surface area (TPSA) is 62.7 Å². The number of aryl methyl sites for hydroxylation is 2. The third-order valence-corrected chi connectivity index (χ3v) is 3.94. The van der Waals surface area contributed by atoms with Gasteiger partial charge in [0.2, 0.25) is 0 Å². The lowest BCUT2D eigenvalue weighted by Gasteiger charge is -2.20. The quantitative estimate of drug-likeness (QED) is 0.918. The number of hydrogen-bond acceptors (Lipinski definition) is 4. The van der Waals surface area contributed by atoms with E-state index in [1.54, 1.807) is 23.2 Å². The number of rotatable bonds is 5. The Balaban J connectivity index is 1.56. The molecular weight excluding hydrogens is 292 g/mol. The summed E-state index contributed by atoms with van der Waals surface area (Å²) in [4.78, 5) is 18.0. The molecule has 1 amide bonds. The van der Waals surface area contributed by atoms with Gasteiger partial charge in [0.05, 0.1) is 24.3 Å². The number of β-amino-alcohol motifs (C(OH)–C–C–N with tert-alkyl or cyclic N) is 1. The van der Waals surface area contributed by atoms with Crippen molar-refractivity contribution in [3.05, 3.63) is 58.9 Å². The SMILES string of the molecule is Cc1ccc(OC[C@@H](O)CN2Cc3ncccc3C2=O)c(C)c1. The minimum absolute atomic E-state index is 0.0846. The molecule has 1 atom stereocenters. The molecule has 0 unspecified atom stereocenters. The normalized spacial score (nSPS) is 14.7. The van der Waals surface area contributed by atoms with Crippen LogP contribution < -0.4 is 4.74 Å². The van der Waals surface area contributed by atoms with E-state index in [2.05, 4.69) is 4.98 Å². The highest BCUT2D eigenvalue weighted by Crippen LogP contribution is 2.21. The zero-order valence-corrected chi connectivity index (χ0v) is 13.3. The molecule has 1 aromatic carbocycles. The zero-order valence-electron chi connectivity index (χ0n) is 13.3. The van der Waals surface area contributed by atoms with Crippen LogP contribution in [0.5, 0.6) is 5.75 Å². The molecule has 2 heterocycles. The summed E-state index contributed by atoms with van der Waals surface area (Å²) >= 11 is 0. The fourth-order valence-electron chi connectivity index (χ4n) is 2.78. The van der Waals surface area contributed by atoms with Gasteiger partial charge < -0.3 is 14.7 Å². The van der Waals surface area contributed by atoms with Crippen molar-refractivity contribution in [2.24, 2.45) is 0 Å². The first-order valence-electron chi connectivity index (χ1n) is 7.66. The van der Waals surface area contributed by atoms with Crippen LogP contribution in [-0.4, -0.2) is 40.2 Å². The van der Waals surface area contributed by atoms with Gasteiger partial charge in [0.25, 0.3) is 5.91 Å². The summed E-state index contributed by atoms with van der Waals surface area (Å²) < 4.78 is 5.67. The summed E-state index contributed by atoms with van der Waals surface area (Å²) in [6.07, 6.45) is 0.934. The fourth-order valence-corrected chi connectivity index (χ4v) is 2.78. The Bertz CT molecular complexity index is 730. The Morgan fingerprint density at radius 2 is 2.17 bits per heavy atom. The van der Waals surface area contributed by atoms with E-state index in [0.717, 1.165) is 17.0 Å². The standard InChI is InChI=1S/C18H20N2O3/c1-12-5-6-17(13(2)8-12)23-11-14(21)9-20-10-16-15(18(20)22)4-3-7-19-16/h3-8,14,21H,9-11H2,1-2H3/t14-/m0/s1. The van der Waals surface area contributed by atoms with Gasteiger partial charge in [0, 0.05) is 6.20 Å². The smallest absolute Gasteiger partial charge is 0.256 e. The number of fused-ring (bicyclic) bond motifs is 1. The molecule has 0 saturated heterocycles. The number of amides is 1. The maximum atomic E-state index is 12.2. The molecule has 23 heavy (non-hydrogen) atoms. The van der Waals surface area contributed by atoms with Crippen molar-refractivity contribution in [2.45, 2.75) is 26.5 Å². The highest BCUT2D eigenvalue weighted by Gasteiger charge is 2.29. The number of carbonyl (C=O) groups is 1. The van der Waals surface area contributed by atoms with Crippen LogP contribution in [0.2, 0.25) is 0 Å². The largest absolute Gasteiger partial charge is 0.491 e. The van der Waals surface area contributed by atoms with Gasteiger partial charge in [0.15, 0.2) is 0 Å². The molecule has 0 bridgehead atoms. The lowest BCUT2D eigenvalue weighted by Crippen LogP contribution is -2.35. The van der Waals surface area contributed by atoms with E-state index in [4.69, 9.17) is 4.74 Å². The lowest BCUT2D eigenvalue weighted by atomic mass is 10.1. The maximum absolute atomic E-state index is 12.2. The number of hydrogen-bond donors (Lipinski definition) is 1. The van der Waals surface area contributed by atoms with Crippen molar-refractivity contribution in [2.75, 3.05) is 13.2 Å². The fraction of sp³-hybridized carbons (Fsp3) is 0.333. The molecule has 1 aliphatic rings. The van der Waals surface area contributed by atoms with Crippen molar-refractivity contribution in [3.8, 4) is 5.75 Å². The molecule has 0 aliphatic carbocycles. The first-order valence-corrected chi connectivity index (χ1v) is 7.66. The monoisotopic (exact) mass is 312 g/mol. The minimum atomic E-state index is -0.742. The van der Waals surface area contributed by atoms with Crippen LogP contribution >= 0.6 is 0 Å². The number of pyridine rings is 1. The molecule has 0 saturated carbocycles. The molecule has 0 fully saturated rings. The van der Waals surface area contributed by atoms with Crippen LogP contribution in [0, 0.1) is 13.8 Å². The predicted octanol–water partition coefficient (Wildman–Crippen LogP) is 2.09. The number of nitrogens with zero attached hydrogens (tertiary/aromatic N) is 2. The van der Waals surface area contributed by atoms with Crippen LogP contribution in [0.4, 0.5) is 0 Å². The number of carbonyl (C=O) groups excluding carboxylic acids is 1. The lowest BCUT2D eigenvalue weighted by molar-refractivity contribution is 0.0517. The predicted molar refractivity (Wildman–Crippen MR) is 86.4 cm³/mol. The Morgan fingerprint density at radius 3 is 2.91 bits per heavy atom. The summed E-state index contributed by atoms with van der Waals surface area (Å²) in [5.74, 6) is 0.672. The van der Waals surface area contributed by atoms with Gasteiger partial charge >= 0.3 is 0 Å². The summed E-state index contributed by atoms with van der Waals surface area (Å²) in [5, 5.41) is 10.2. The minimum Gasteiger partial charge on any atom is -0.491 e. The summed E-state index contributed by atoms with van der Waals surface area (Å²) in [6.45, 7) is 4.82.